The third-order valence-corrected chi connectivity index (χ3v) is 5.00. The molecule has 0 amide bonds. The predicted molar refractivity (Wildman–Crippen MR) is 97.0 cm³/mol. The summed E-state index contributed by atoms with van der Waals surface area (Å²) in [5.41, 5.74) is 4.28. The number of hydrogen-bond donors (Lipinski definition) is 1. The Morgan fingerprint density at radius 3 is 2.58 bits per heavy atom. The molecule has 1 aliphatic carbocycles. The minimum Gasteiger partial charge on any atom is -0.338 e. The number of hydrogen-bond acceptors (Lipinski definition) is 4. The monoisotopic (exact) mass is 341 g/mol. The first kappa shape index (κ1) is 15.4. The summed E-state index contributed by atoms with van der Waals surface area (Å²) in [5.74, 6) is 0.797. The van der Waals surface area contributed by atoms with Crippen LogP contribution in [-0.2, 0) is 0 Å². The van der Waals surface area contributed by atoms with E-state index in [9.17, 15) is 0 Å². The van der Waals surface area contributed by atoms with Crippen molar-refractivity contribution in [3.05, 3.63) is 40.8 Å². The first-order valence-electron chi connectivity index (χ1n) is 8.37. The number of halogens is 1. The van der Waals surface area contributed by atoms with E-state index >= 15 is 0 Å². The summed E-state index contributed by atoms with van der Waals surface area (Å²) in [5, 5.41) is 9.50. The van der Waals surface area contributed by atoms with Crippen LogP contribution in [0.15, 0.2) is 24.4 Å². The summed E-state index contributed by atoms with van der Waals surface area (Å²) in [6.07, 6.45) is 6.52. The lowest BCUT2D eigenvalue weighted by atomic mass is 10.1. The number of anilines is 2. The van der Waals surface area contributed by atoms with Gasteiger partial charge in [-0.1, -0.05) is 31.0 Å². The third kappa shape index (κ3) is 2.63. The fourth-order valence-corrected chi connectivity index (χ4v) is 3.66. The average Bonchev–Trinajstić information content (AvgIpc) is 3.18. The Bertz CT molecular complexity index is 876. The fourth-order valence-electron chi connectivity index (χ4n) is 3.53. The van der Waals surface area contributed by atoms with Crippen LogP contribution in [0.5, 0.6) is 0 Å². The molecule has 4 rings (SSSR count). The van der Waals surface area contributed by atoms with Crippen LogP contribution in [0.25, 0.3) is 11.0 Å². The number of nitrogens with one attached hydrogen (secondary N) is 1. The van der Waals surface area contributed by atoms with Crippen molar-refractivity contribution in [2.45, 2.75) is 45.6 Å². The quantitative estimate of drug-likeness (QED) is 0.684. The number of fused-ring (bicyclic) bond motifs is 1. The molecule has 6 heteroatoms. The van der Waals surface area contributed by atoms with Crippen molar-refractivity contribution in [3.63, 3.8) is 0 Å². The third-order valence-electron chi connectivity index (χ3n) is 4.81. The van der Waals surface area contributed by atoms with E-state index in [0.717, 1.165) is 35.4 Å². The van der Waals surface area contributed by atoms with Crippen molar-refractivity contribution in [2.24, 2.45) is 0 Å². The second kappa shape index (κ2) is 6.06. The van der Waals surface area contributed by atoms with Crippen LogP contribution >= 0.6 is 11.6 Å². The molecule has 2 aromatic heterocycles. The molecule has 24 heavy (non-hydrogen) atoms. The van der Waals surface area contributed by atoms with Gasteiger partial charge in [-0.25, -0.2) is 9.67 Å². The molecule has 0 saturated heterocycles. The van der Waals surface area contributed by atoms with Crippen molar-refractivity contribution in [3.8, 4) is 0 Å². The maximum absolute atomic E-state index is 6.03. The first-order chi connectivity index (χ1) is 11.6. The largest absolute Gasteiger partial charge is 0.338 e. The maximum Gasteiger partial charge on any atom is 0.224 e. The van der Waals surface area contributed by atoms with E-state index in [0.29, 0.717) is 6.04 Å². The lowest BCUT2D eigenvalue weighted by molar-refractivity contribution is 0.480. The Hall–Kier alpha value is -2.14. The Balaban J connectivity index is 1.83. The minimum atomic E-state index is 0.264. The molecule has 0 radical (unpaired) electrons. The molecule has 3 aromatic rings. The maximum atomic E-state index is 6.03. The second-order valence-corrected chi connectivity index (χ2v) is 6.84. The Morgan fingerprint density at radius 1 is 1.17 bits per heavy atom. The first-order valence-corrected chi connectivity index (χ1v) is 8.75. The molecule has 1 N–H and O–H groups in total. The van der Waals surface area contributed by atoms with Gasteiger partial charge in [-0.15, -0.1) is 0 Å². The van der Waals surface area contributed by atoms with E-state index in [1.165, 1.54) is 24.0 Å². The van der Waals surface area contributed by atoms with Crippen molar-refractivity contribution in [1.82, 2.24) is 19.7 Å². The van der Waals surface area contributed by atoms with E-state index in [-0.39, 0.29) is 5.28 Å². The molecule has 0 atom stereocenters. The van der Waals surface area contributed by atoms with Gasteiger partial charge < -0.3 is 5.32 Å². The topological polar surface area (TPSA) is 55.6 Å². The summed E-state index contributed by atoms with van der Waals surface area (Å²) in [6, 6.07) is 6.65. The van der Waals surface area contributed by atoms with Gasteiger partial charge in [0, 0.05) is 11.9 Å². The van der Waals surface area contributed by atoms with Crippen LogP contribution in [0, 0.1) is 13.8 Å². The zero-order chi connectivity index (χ0) is 16.7. The average molecular weight is 342 g/mol. The molecule has 0 bridgehead atoms. The van der Waals surface area contributed by atoms with E-state index in [2.05, 4.69) is 47.3 Å². The molecule has 0 spiro atoms. The van der Waals surface area contributed by atoms with Gasteiger partial charge in [0.1, 0.15) is 0 Å². The lowest BCUT2D eigenvalue weighted by Crippen LogP contribution is -2.08. The van der Waals surface area contributed by atoms with Gasteiger partial charge in [0.2, 0.25) is 5.28 Å². The molecule has 5 nitrogen and oxygen atoms in total. The summed E-state index contributed by atoms with van der Waals surface area (Å²) < 4.78 is 2.03. The van der Waals surface area contributed by atoms with Gasteiger partial charge in [-0.3, -0.25) is 0 Å². The zero-order valence-corrected chi connectivity index (χ0v) is 14.6. The van der Waals surface area contributed by atoms with Gasteiger partial charge >= 0.3 is 0 Å². The standard InChI is InChI=1S/C18H20ClN5/c1-11-6-5-7-12(2)15(11)21-16-14-10-20-18(19)22-17(14)24(23-16)13-8-3-4-9-13/h5-7,10,13H,3-4,8-9H2,1-2H3,(H,21,23). The van der Waals surface area contributed by atoms with Crippen LogP contribution < -0.4 is 5.32 Å². The summed E-state index contributed by atoms with van der Waals surface area (Å²) in [4.78, 5) is 8.60. The highest BCUT2D eigenvalue weighted by atomic mass is 35.5. The second-order valence-electron chi connectivity index (χ2n) is 6.50. The molecule has 0 aliphatic heterocycles. The van der Waals surface area contributed by atoms with E-state index < -0.39 is 0 Å². The number of para-hydroxylation sites is 1. The molecule has 2 heterocycles. The van der Waals surface area contributed by atoms with Crippen LogP contribution in [0.3, 0.4) is 0 Å². The summed E-state index contributed by atoms with van der Waals surface area (Å²) >= 11 is 6.03. The summed E-state index contributed by atoms with van der Waals surface area (Å²) in [7, 11) is 0. The lowest BCUT2D eigenvalue weighted by Gasteiger charge is -2.11. The van der Waals surface area contributed by atoms with Gasteiger partial charge in [0.15, 0.2) is 11.5 Å². The van der Waals surface area contributed by atoms with E-state index in [1.807, 2.05) is 4.68 Å². The van der Waals surface area contributed by atoms with Crippen LogP contribution in [-0.4, -0.2) is 19.7 Å². The Morgan fingerprint density at radius 2 is 1.88 bits per heavy atom. The predicted octanol–water partition coefficient (Wildman–Crippen LogP) is 4.96. The summed E-state index contributed by atoms with van der Waals surface area (Å²) in [6.45, 7) is 4.19. The molecule has 0 unspecified atom stereocenters. The normalized spacial score (nSPS) is 15.3. The van der Waals surface area contributed by atoms with E-state index in [1.54, 1.807) is 6.20 Å². The van der Waals surface area contributed by atoms with Gasteiger partial charge in [0.05, 0.1) is 11.4 Å². The highest BCUT2D eigenvalue weighted by Gasteiger charge is 2.23. The number of benzene rings is 1. The minimum absolute atomic E-state index is 0.264. The molecule has 1 aromatic carbocycles. The number of rotatable bonds is 3. The fraction of sp³-hybridized carbons (Fsp3) is 0.389. The van der Waals surface area contributed by atoms with Gasteiger partial charge in [-0.05, 0) is 49.4 Å². The van der Waals surface area contributed by atoms with Crippen LogP contribution in [0.4, 0.5) is 11.5 Å². The van der Waals surface area contributed by atoms with Crippen molar-refractivity contribution < 1.29 is 0 Å². The number of aromatic nitrogens is 4. The van der Waals surface area contributed by atoms with Crippen molar-refractivity contribution >= 4 is 34.1 Å². The van der Waals surface area contributed by atoms with E-state index in [4.69, 9.17) is 16.7 Å². The Labute approximate surface area is 146 Å². The van der Waals surface area contributed by atoms with Crippen molar-refractivity contribution in [1.29, 1.82) is 0 Å². The molecular formula is C18H20ClN5. The number of aryl methyl sites for hydroxylation is 2. The highest BCUT2D eigenvalue weighted by Crippen LogP contribution is 2.35. The Kier molecular flexibility index (Phi) is 3.88. The molecule has 1 fully saturated rings. The smallest absolute Gasteiger partial charge is 0.224 e. The van der Waals surface area contributed by atoms with Crippen molar-refractivity contribution in [2.75, 3.05) is 5.32 Å². The highest BCUT2D eigenvalue weighted by molar-refractivity contribution is 6.28. The molecule has 1 aliphatic rings. The number of nitrogens with zero attached hydrogens (tertiary/aromatic N) is 4. The SMILES string of the molecule is Cc1cccc(C)c1Nc1nn(C2CCCC2)c2nc(Cl)ncc12. The van der Waals surface area contributed by atoms with Crippen LogP contribution in [0.1, 0.15) is 42.9 Å². The van der Waals surface area contributed by atoms with Crippen LogP contribution in [0.2, 0.25) is 5.28 Å². The van der Waals surface area contributed by atoms with Gasteiger partial charge in [0.25, 0.3) is 0 Å². The molecule has 1 saturated carbocycles. The zero-order valence-electron chi connectivity index (χ0n) is 13.9. The molecule has 124 valence electrons. The van der Waals surface area contributed by atoms with Gasteiger partial charge in [-0.2, -0.15) is 10.1 Å². The molecular weight excluding hydrogens is 322 g/mol.